The molecule has 0 saturated carbocycles. The van der Waals surface area contributed by atoms with Crippen LogP contribution in [0.5, 0.6) is 5.75 Å². The number of carbonyl (C=O) groups is 1. The summed E-state index contributed by atoms with van der Waals surface area (Å²) in [6.07, 6.45) is 1.10. The fourth-order valence-electron chi connectivity index (χ4n) is 2.18. The fraction of sp³-hybridized carbons (Fsp3) is 0.588. The molecular weight excluding hydrogens is 328 g/mol. The first-order valence-corrected chi connectivity index (χ1v) is 9.95. The van der Waals surface area contributed by atoms with Gasteiger partial charge in [-0.3, -0.25) is 9.10 Å². The van der Waals surface area contributed by atoms with Crippen molar-refractivity contribution < 1.29 is 17.9 Å². The Bertz CT molecular complexity index is 641. The summed E-state index contributed by atoms with van der Waals surface area (Å²) < 4.78 is 30.9. The number of hydrogen-bond acceptors (Lipinski definition) is 4. The van der Waals surface area contributed by atoms with Crippen molar-refractivity contribution in [1.29, 1.82) is 0 Å². The average molecular weight is 356 g/mol. The van der Waals surface area contributed by atoms with Gasteiger partial charge in [-0.25, -0.2) is 8.42 Å². The first-order chi connectivity index (χ1) is 11.1. The minimum Gasteiger partial charge on any atom is -0.494 e. The van der Waals surface area contributed by atoms with Crippen LogP contribution in [-0.4, -0.2) is 39.3 Å². The minimum absolute atomic E-state index is 0.0401. The quantitative estimate of drug-likeness (QED) is 0.776. The molecule has 1 rings (SSSR count). The molecule has 0 radical (unpaired) electrons. The standard InChI is InChI=1S/C17H28N2O4S/c1-7-23-16-10-8-15(9-11-16)19(24(6,21)22)14(5)17(20)18-13(4)12(2)3/h8-14H,7H2,1-6H3,(H,18,20)/t13-,14+/m0/s1. The maximum Gasteiger partial charge on any atom is 0.243 e. The lowest BCUT2D eigenvalue weighted by Gasteiger charge is -2.30. The van der Waals surface area contributed by atoms with E-state index in [4.69, 9.17) is 4.74 Å². The Labute approximate surface area is 145 Å². The highest BCUT2D eigenvalue weighted by molar-refractivity contribution is 7.92. The molecule has 0 unspecified atom stereocenters. The molecule has 1 N–H and O–H groups in total. The predicted octanol–water partition coefficient (Wildman–Crippen LogP) is 2.40. The van der Waals surface area contributed by atoms with Gasteiger partial charge in [0.15, 0.2) is 0 Å². The topological polar surface area (TPSA) is 75.7 Å². The summed E-state index contributed by atoms with van der Waals surface area (Å²) in [5.41, 5.74) is 0.431. The summed E-state index contributed by atoms with van der Waals surface area (Å²) in [4.78, 5) is 12.4. The molecule has 1 aromatic rings. The average Bonchev–Trinajstić information content (AvgIpc) is 2.47. The Morgan fingerprint density at radius 2 is 1.71 bits per heavy atom. The van der Waals surface area contributed by atoms with E-state index in [1.165, 1.54) is 0 Å². The molecule has 2 atom stereocenters. The fourth-order valence-corrected chi connectivity index (χ4v) is 3.35. The lowest BCUT2D eigenvalue weighted by atomic mass is 10.1. The van der Waals surface area contributed by atoms with Crippen LogP contribution in [0, 0.1) is 5.92 Å². The van der Waals surface area contributed by atoms with Crippen molar-refractivity contribution in [3.05, 3.63) is 24.3 Å². The van der Waals surface area contributed by atoms with E-state index >= 15 is 0 Å². The van der Waals surface area contributed by atoms with Crippen molar-refractivity contribution in [2.45, 2.75) is 46.7 Å². The van der Waals surface area contributed by atoms with Crippen LogP contribution in [0.2, 0.25) is 0 Å². The van der Waals surface area contributed by atoms with E-state index in [-0.39, 0.29) is 17.9 Å². The molecule has 0 aliphatic rings. The van der Waals surface area contributed by atoms with Crippen LogP contribution in [0.15, 0.2) is 24.3 Å². The predicted molar refractivity (Wildman–Crippen MR) is 96.8 cm³/mol. The molecule has 136 valence electrons. The van der Waals surface area contributed by atoms with Gasteiger partial charge in [0.05, 0.1) is 18.6 Å². The van der Waals surface area contributed by atoms with Crippen molar-refractivity contribution in [3.8, 4) is 5.75 Å². The zero-order valence-corrected chi connectivity index (χ0v) is 16.1. The van der Waals surface area contributed by atoms with E-state index in [1.54, 1.807) is 31.2 Å². The van der Waals surface area contributed by atoms with Gasteiger partial charge in [0.25, 0.3) is 0 Å². The molecular formula is C17H28N2O4S. The van der Waals surface area contributed by atoms with Crippen molar-refractivity contribution in [2.24, 2.45) is 5.92 Å². The molecule has 1 aromatic carbocycles. The van der Waals surface area contributed by atoms with Gasteiger partial charge in [0, 0.05) is 6.04 Å². The number of nitrogens with one attached hydrogen (secondary N) is 1. The van der Waals surface area contributed by atoms with E-state index in [0.29, 0.717) is 18.0 Å². The molecule has 1 amide bonds. The Balaban J connectivity index is 3.07. The van der Waals surface area contributed by atoms with Crippen LogP contribution in [-0.2, 0) is 14.8 Å². The van der Waals surface area contributed by atoms with Crippen LogP contribution in [0.25, 0.3) is 0 Å². The highest BCUT2D eigenvalue weighted by Crippen LogP contribution is 2.24. The third kappa shape index (κ3) is 5.40. The lowest BCUT2D eigenvalue weighted by molar-refractivity contribution is -0.122. The molecule has 6 nitrogen and oxygen atoms in total. The van der Waals surface area contributed by atoms with Crippen LogP contribution in [0.4, 0.5) is 5.69 Å². The number of nitrogens with zero attached hydrogens (tertiary/aromatic N) is 1. The highest BCUT2D eigenvalue weighted by atomic mass is 32.2. The van der Waals surface area contributed by atoms with Crippen LogP contribution in [0.1, 0.15) is 34.6 Å². The summed E-state index contributed by atoms with van der Waals surface area (Å²) in [6.45, 7) is 9.88. The molecule has 7 heteroatoms. The number of amides is 1. The normalized spacial score (nSPS) is 14.1. The Morgan fingerprint density at radius 1 is 1.17 bits per heavy atom. The van der Waals surface area contributed by atoms with Gasteiger partial charge in [-0.15, -0.1) is 0 Å². The molecule has 24 heavy (non-hydrogen) atoms. The van der Waals surface area contributed by atoms with Crippen LogP contribution < -0.4 is 14.4 Å². The molecule has 0 spiro atoms. The summed E-state index contributed by atoms with van der Waals surface area (Å²) in [5, 5.41) is 2.86. The Morgan fingerprint density at radius 3 is 2.12 bits per heavy atom. The van der Waals surface area contributed by atoms with Gasteiger partial charge in [0.1, 0.15) is 11.8 Å². The minimum atomic E-state index is -3.61. The largest absolute Gasteiger partial charge is 0.494 e. The van der Waals surface area contributed by atoms with Crippen molar-refractivity contribution >= 4 is 21.6 Å². The third-order valence-electron chi connectivity index (χ3n) is 3.86. The zero-order chi connectivity index (χ0) is 18.5. The first kappa shape index (κ1) is 20.3. The van der Waals surface area contributed by atoms with Crippen molar-refractivity contribution in [1.82, 2.24) is 5.32 Å². The SMILES string of the molecule is CCOc1ccc(N([C@H](C)C(=O)N[C@@H](C)C(C)C)S(C)(=O)=O)cc1. The highest BCUT2D eigenvalue weighted by Gasteiger charge is 2.30. The zero-order valence-electron chi connectivity index (χ0n) is 15.2. The molecule has 0 aliphatic heterocycles. The number of rotatable bonds is 8. The molecule has 0 fully saturated rings. The maximum atomic E-state index is 12.4. The van der Waals surface area contributed by atoms with E-state index in [2.05, 4.69) is 5.32 Å². The number of carbonyl (C=O) groups excluding carboxylic acids is 1. The van der Waals surface area contributed by atoms with E-state index < -0.39 is 16.1 Å². The number of sulfonamides is 1. The van der Waals surface area contributed by atoms with Gasteiger partial charge in [0.2, 0.25) is 15.9 Å². The summed E-state index contributed by atoms with van der Waals surface area (Å²) >= 11 is 0. The molecule has 0 heterocycles. The number of anilines is 1. The molecule has 0 aliphatic carbocycles. The van der Waals surface area contributed by atoms with Crippen LogP contribution >= 0.6 is 0 Å². The molecule has 0 saturated heterocycles. The number of hydrogen-bond donors (Lipinski definition) is 1. The van der Waals surface area contributed by atoms with Gasteiger partial charge in [-0.1, -0.05) is 13.8 Å². The maximum absolute atomic E-state index is 12.4. The number of benzene rings is 1. The molecule has 0 aromatic heterocycles. The second-order valence-electron chi connectivity index (χ2n) is 6.20. The monoisotopic (exact) mass is 356 g/mol. The second-order valence-corrected chi connectivity index (χ2v) is 8.06. The van der Waals surface area contributed by atoms with Gasteiger partial charge < -0.3 is 10.1 Å². The van der Waals surface area contributed by atoms with Gasteiger partial charge >= 0.3 is 0 Å². The van der Waals surface area contributed by atoms with Gasteiger partial charge in [-0.05, 0) is 51.0 Å². The Kier molecular flexibility index (Phi) is 7.08. The number of ether oxygens (including phenoxy) is 1. The molecule has 0 bridgehead atoms. The smallest absolute Gasteiger partial charge is 0.243 e. The van der Waals surface area contributed by atoms with E-state index in [9.17, 15) is 13.2 Å². The van der Waals surface area contributed by atoms with Gasteiger partial charge in [-0.2, -0.15) is 0 Å². The summed E-state index contributed by atoms with van der Waals surface area (Å²) in [7, 11) is -3.61. The summed E-state index contributed by atoms with van der Waals surface area (Å²) in [6, 6.07) is 5.78. The van der Waals surface area contributed by atoms with Crippen molar-refractivity contribution in [3.63, 3.8) is 0 Å². The van der Waals surface area contributed by atoms with Crippen LogP contribution in [0.3, 0.4) is 0 Å². The van der Waals surface area contributed by atoms with E-state index in [0.717, 1.165) is 10.6 Å². The van der Waals surface area contributed by atoms with Crippen molar-refractivity contribution in [2.75, 3.05) is 17.2 Å². The second kappa shape index (κ2) is 8.37. The lowest BCUT2D eigenvalue weighted by Crippen LogP contribution is -2.50. The van der Waals surface area contributed by atoms with E-state index in [1.807, 2.05) is 27.7 Å². The Hall–Kier alpha value is -1.76. The first-order valence-electron chi connectivity index (χ1n) is 8.10. The third-order valence-corrected chi connectivity index (χ3v) is 5.10. The summed E-state index contributed by atoms with van der Waals surface area (Å²) in [5.74, 6) is 0.592.